The third-order valence-corrected chi connectivity index (χ3v) is 4.54. The van der Waals surface area contributed by atoms with Gasteiger partial charge in [-0.1, -0.05) is 24.3 Å². The molecule has 0 bridgehead atoms. The standard InChI is InChI=1S/C19H20FN3O2/c1-22(18(24)14-8-6-13(12-21)7-9-14)17-10-11-23(19(17)25)16-5-3-2-4-15(16)20/h2-9,17H,10-12,21H2,1H3/t17-/m1/s1. The molecular weight excluding hydrogens is 321 g/mol. The largest absolute Gasteiger partial charge is 0.330 e. The van der Waals surface area contributed by atoms with Gasteiger partial charge in [0.05, 0.1) is 5.69 Å². The Balaban J connectivity index is 1.76. The number of nitrogens with zero attached hydrogens (tertiary/aromatic N) is 2. The molecule has 2 N–H and O–H groups in total. The molecule has 130 valence electrons. The first-order valence-corrected chi connectivity index (χ1v) is 8.15. The number of benzene rings is 2. The number of nitrogens with two attached hydrogens (primary N) is 1. The zero-order valence-corrected chi connectivity index (χ0v) is 14.0. The smallest absolute Gasteiger partial charge is 0.254 e. The van der Waals surface area contributed by atoms with Crippen molar-refractivity contribution in [1.29, 1.82) is 0 Å². The van der Waals surface area contributed by atoms with Crippen LogP contribution in [0.1, 0.15) is 22.3 Å². The van der Waals surface area contributed by atoms with Gasteiger partial charge in [-0.2, -0.15) is 0 Å². The van der Waals surface area contributed by atoms with Gasteiger partial charge in [0.1, 0.15) is 11.9 Å². The number of anilines is 1. The number of para-hydroxylation sites is 1. The minimum Gasteiger partial charge on any atom is -0.330 e. The van der Waals surface area contributed by atoms with Crippen LogP contribution in [-0.2, 0) is 11.3 Å². The molecule has 5 nitrogen and oxygen atoms in total. The molecule has 6 heteroatoms. The zero-order valence-electron chi connectivity index (χ0n) is 14.0. The average molecular weight is 341 g/mol. The maximum Gasteiger partial charge on any atom is 0.254 e. The molecule has 1 fully saturated rings. The minimum atomic E-state index is -0.596. The molecule has 0 aliphatic carbocycles. The van der Waals surface area contributed by atoms with Gasteiger partial charge >= 0.3 is 0 Å². The molecule has 2 aromatic carbocycles. The van der Waals surface area contributed by atoms with Gasteiger partial charge in [0.2, 0.25) is 5.91 Å². The molecule has 2 aromatic rings. The number of carbonyl (C=O) groups excluding carboxylic acids is 2. The highest BCUT2D eigenvalue weighted by Gasteiger charge is 2.38. The van der Waals surface area contributed by atoms with Crippen LogP contribution < -0.4 is 10.6 Å². The summed E-state index contributed by atoms with van der Waals surface area (Å²) in [6.45, 7) is 0.789. The van der Waals surface area contributed by atoms with Crippen LogP contribution in [0.2, 0.25) is 0 Å². The number of amides is 2. The van der Waals surface area contributed by atoms with Crippen molar-refractivity contribution in [2.75, 3.05) is 18.5 Å². The summed E-state index contributed by atoms with van der Waals surface area (Å²) in [5.74, 6) is -0.945. The van der Waals surface area contributed by atoms with Crippen molar-refractivity contribution in [3.63, 3.8) is 0 Å². The molecule has 2 amide bonds. The van der Waals surface area contributed by atoms with E-state index in [1.54, 1.807) is 49.5 Å². The molecule has 0 spiro atoms. The van der Waals surface area contributed by atoms with Crippen LogP contribution in [0, 0.1) is 5.82 Å². The predicted octanol–water partition coefficient (Wildman–Crippen LogP) is 2.16. The van der Waals surface area contributed by atoms with E-state index in [0.29, 0.717) is 25.1 Å². The average Bonchev–Trinajstić information content (AvgIpc) is 3.02. The Morgan fingerprint density at radius 3 is 2.56 bits per heavy atom. The van der Waals surface area contributed by atoms with Crippen LogP contribution >= 0.6 is 0 Å². The van der Waals surface area contributed by atoms with Gasteiger partial charge in [-0.3, -0.25) is 9.59 Å². The Hall–Kier alpha value is -2.73. The van der Waals surface area contributed by atoms with Crippen molar-refractivity contribution < 1.29 is 14.0 Å². The van der Waals surface area contributed by atoms with E-state index in [4.69, 9.17) is 5.73 Å². The summed E-state index contributed by atoms with van der Waals surface area (Å²) in [7, 11) is 1.60. The lowest BCUT2D eigenvalue weighted by Gasteiger charge is -2.24. The van der Waals surface area contributed by atoms with Gasteiger partial charge in [0.15, 0.2) is 0 Å². The molecule has 1 atom stereocenters. The van der Waals surface area contributed by atoms with E-state index >= 15 is 0 Å². The number of likely N-dealkylation sites (N-methyl/N-ethyl adjacent to an activating group) is 1. The van der Waals surface area contributed by atoms with Crippen LogP contribution in [0.25, 0.3) is 0 Å². The summed E-state index contributed by atoms with van der Waals surface area (Å²) >= 11 is 0. The fraction of sp³-hybridized carbons (Fsp3) is 0.263. The first-order valence-electron chi connectivity index (χ1n) is 8.15. The van der Waals surface area contributed by atoms with Gasteiger partial charge in [0, 0.05) is 25.7 Å². The van der Waals surface area contributed by atoms with Crippen LogP contribution in [0.5, 0.6) is 0 Å². The van der Waals surface area contributed by atoms with E-state index in [0.717, 1.165) is 5.56 Å². The molecule has 0 aromatic heterocycles. The summed E-state index contributed by atoms with van der Waals surface area (Å²) in [6, 6.07) is 12.6. The molecule has 1 aliphatic heterocycles. The van der Waals surface area contributed by atoms with Crippen molar-refractivity contribution in [1.82, 2.24) is 4.90 Å². The normalized spacial score (nSPS) is 17.0. The van der Waals surface area contributed by atoms with Crippen molar-refractivity contribution in [3.05, 3.63) is 65.5 Å². The number of hydrogen-bond acceptors (Lipinski definition) is 3. The third kappa shape index (κ3) is 3.25. The molecule has 1 heterocycles. The van der Waals surface area contributed by atoms with Crippen LogP contribution in [0.15, 0.2) is 48.5 Å². The quantitative estimate of drug-likeness (QED) is 0.927. The van der Waals surface area contributed by atoms with E-state index in [-0.39, 0.29) is 17.5 Å². The first kappa shape index (κ1) is 17.1. The summed E-state index contributed by atoms with van der Waals surface area (Å²) in [5, 5.41) is 0. The fourth-order valence-electron chi connectivity index (χ4n) is 3.06. The van der Waals surface area contributed by atoms with Crippen LogP contribution in [-0.4, -0.2) is 36.3 Å². The monoisotopic (exact) mass is 341 g/mol. The predicted molar refractivity (Wildman–Crippen MR) is 93.6 cm³/mol. The number of halogens is 1. The maximum absolute atomic E-state index is 14.0. The third-order valence-electron chi connectivity index (χ3n) is 4.54. The van der Waals surface area contributed by atoms with E-state index in [1.165, 1.54) is 15.9 Å². The molecule has 25 heavy (non-hydrogen) atoms. The molecule has 0 saturated carbocycles. The van der Waals surface area contributed by atoms with E-state index in [2.05, 4.69) is 0 Å². The second-order valence-electron chi connectivity index (χ2n) is 6.06. The van der Waals surface area contributed by atoms with E-state index < -0.39 is 11.9 Å². The minimum absolute atomic E-state index is 0.239. The maximum atomic E-state index is 14.0. The molecule has 0 radical (unpaired) electrons. The lowest BCUT2D eigenvalue weighted by molar-refractivity contribution is -0.120. The van der Waals surface area contributed by atoms with Crippen molar-refractivity contribution in [2.45, 2.75) is 19.0 Å². The van der Waals surface area contributed by atoms with Crippen molar-refractivity contribution >= 4 is 17.5 Å². The molecule has 1 saturated heterocycles. The Labute approximate surface area is 145 Å². The van der Waals surface area contributed by atoms with E-state index in [1.807, 2.05) is 0 Å². The summed E-state index contributed by atoms with van der Waals surface area (Å²) in [6.07, 6.45) is 0.469. The first-order chi connectivity index (χ1) is 12.0. The van der Waals surface area contributed by atoms with Gasteiger partial charge < -0.3 is 15.5 Å². The van der Waals surface area contributed by atoms with Crippen LogP contribution in [0.4, 0.5) is 10.1 Å². The highest BCUT2D eigenvalue weighted by atomic mass is 19.1. The number of rotatable bonds is 4. The second kappa shape index (κ2) is 7.03. The highest BCUT2D eigenvalue weighted by Crippen LogP contribution is 2.26. The Kier molecular flexibility index (Phi) is 4.81. The fourth-order valence-corrected chi connectivity index (χ4v) is 3.06. The Morgan fingerprint density at radius 2 is 1.92 bits per heavy atom. The van der Waals surface area contributed by atoms with Gasteiger partial charge in [-0.25, -0.2) is 4.39 Å². The zero-order chi connectivity index (χ0) is 18.0. The number of hydrogen-bond donors (Lipinski definition) is 1. The van der Waals surface area contributed by atoms with Crippen molar-refractivity contribution in [3.8, 4) is 0 Å². The Bertz CT molecular complexity index is 792. The van der Waals surface area contributed by atoms with Gasteiger partial charge in [-0.15, -0.1) is 0 Å². The second-order valence-corrected chi connectivity index (χ2v) is 6.06. The summed E-state index contributed by atoms with van der Waals surface area (Å²) in [4.78, 5) is 28.2. The molecule has 0 unspecified atom stereocenters. The SMILES string of the molecule is CN(C(=O)c1ccc(CN)cc1)[C@@H]1CCN(c2ccccc2F)C1=O. The number of carbonyl (C=O) groups is 2. The lowest BCUT2D eigenvalue weighted by Crippen LogP contribution is -2.43. The highest BCUT2D eigenvalue weighted by molar-refractivity contribution is 6.03. The van der Waals surface area contributed by atoms with Gasteiger partial charge in [0.25, 0.3) is 5.91 Å². The lowest BCUT2D eigenvalue weighted by atomic mass is 10.1. The van der Waals surface area contributed by atoms with E-state index in [9.17, 15) is 14.0 Å². The molecular formula is C19H20FN3O2. The topological polar surface area (TPSA) is 66.6 Å². The molecule has 3 rings (SSSR count). The van der Waals surface area contributed by atoms with Gasteiger partial charge in [-0.05, 0) is 36.2 Å². The molecule has 1 aliphatic rings. The summed E-state index contributed by atoms with van der Waals surface area (Å²) < 4.78 is 14.0. The Morgan fingerprint density at radius 1 is 1.24 bits per heavy atom. The van der Waals surface area contributed by atoms with Crippen molar-refractivity contribution in [2.24, 2.45) is 5.73 Å². The van der Waals surface area contributed by atoms with Crippen LogP contribution in [0.3, 0.4) is 0 Å². The summed E-state index contributed by atoms with van der Waals surface area (Å²) in [5.41, 5.74) is 7.24.